The van der Waals surface area contributed by atoms with Gasteiger partial charge < -0.3 is 15.5 Å². The number of nitrogens with two attached hydrogens (primary N) is 1. The second-order valence-electron chi connectivity index (χ2n) is 14.4. The maximum Gasteiger partial charge on any atom is 0.258 e. The highest BCUT2D eigenvalue weighted by molar-refractivity contribution is 6.31. The van der Waals surface area contributed by atoms with Gasteiger partial charge in [-0.05, 0) is 83.8 Å². The summed E-state index contributed by atoms with van der Waals surface area (Å²) < 4.78 is 32.5. The Hall–Kier alpha value is -5.40. The molecule has 2 amide bonds. The highest BCUT2D eigenvalue weighted by Gasteiger charge is 2.29. The Bertz CT molecular complexity index is 2570. The number of aryl methyl sites for hydroxylation is 3. The normalized spacial score (nSPS) is 12.7. The molecule has 4 aromatic carbocycles. The molecule has 2 aliphatic rings. The Morgan fingerprint density at radius 2 is 1.14 bits per heavy atom. The van der Waals surface area contributed by atoms with Crippen LogP contribution in [0.4, 0.5) is 20.2 Å². The SMILES string of the molecule is CCC(=O)CCc1ccc(C(=O)N2Cc3cnn(C)c3Cc3cc(Cl)ccc32)cc1F.Cl.Cn1ncc2c1Cc1cc(Cl)ccc1N(C(=O)c1ccc(CN)c(F)c1)C2. The van der Waals surface area contributed by atoms with E-state index in [0.29, 0.717) is 66.4 Å². The number of hydrogen-bond donors (Lipinski definition) is 1. The molecule has 0 unspecified atom stereocenters. The molecule has 0 fully saturated rings. The van der Waals surface area contributed by atoms with Crippen LogP contribution in [0.15, 0.2) is 85.2 Å². The number of carbonyl (C=O) groups is 3. The van der Waals surface area contributed by atoms with Crippen molar-refractivity contribution in [1.29, 1.82) is 0 Å². The molecular weight excluding hydrogens is 819 g/mol. The maximum absolute atomic E-state index is 14.7. The van der Waals surface area contributed by atoms with Gasteiger partial charge in [0.2, 0.25) is 0 Å². The van der Waals surface area contributed by atoms with E-state index in [1.807, 2.05) is 43.0 Å². The molecule has 0 radical (unpaired) electrons. The standard InChI is InChI=1S/C24H23ClFN3O2.C20H18ClFN4O.ClH/c1-3-20(30)8-6-15-4-5-16(11-21(15)26)24(31)29-14-18-13-27-28(2)23(18)12-17-10-19(25)7-9-22(17)29;1-25-19-8-14-6-16(21)4-5-18(14)26(11-15(19)10-24-25)20(27)12-2-3-13(9-23)17(22)7-12;/h4-5,7,9-11,13H,3,6,8,12,14H2,1-2H3;2-7,10H,8-9,11,23H2,1H3;1H. The third-order valence-corrected chi connectivity index (χ3v) is 11.2. The molecular formula is C44H42Cl3F2N7O3. The van der Waals surface area contributed by atoms with Crippen molar-refractivity contribution in [1.82, 2.24) is 19.6 Å². The monoisotopic (exact) mass is 859 g/mol. The van der Waals surface area contributed by atoms with E-state index in [0.717, 1.165) is 45.0 Å². The molecule has 8 rings (SSSR count). The van der Waals surface area contributed by atoms with E-state index in [9.17, 15) is 23.2 Å². The molecule has 2 N–H and O–H groups in total. The average molecular weight is 861 g/mol. The van der Waals surface area contributed by atoms with Crippen LogP contribution in [0.1, 0.15) is 85.2 Å². The Balaban J connectivity index is 0.000000197. The fraction of sp³-hybridized carbons (Fsp3) is 0.250. The van der Waals surface area contributed by atoms with Gasteiger partial charge in [0.15, 0.2) is 0 Å². The van der Waals surface area contributed by atoms with Gasteiger partial charge >= 0.3 is 0 Å². The number of amides is 2. The maximum atomic E-state index is 14.7. The lowest BCUT2D eigenvalue weighted by Crippen LogP contribution is -2.30. The summed E-state index contributed by atoms with van der Waals surface area (Å²) in [5.41, 5.74) is 14.2. The molecule has 306 valence electrons. The van der Waals surface area contributed by atoms with Crippen LogP contribution >= 0.6 is 35.6 Å². The Kier molecular flexibility index (Phi) is 13.4. The number of ketones is 1. The molecule has 6 aromatic rings. The zero-order valence-electron chi connectivity index (χ0n) is 32.6. The number of rotatable bonds is 7. The summed E-state index contributed by atoms with van der Waals surface area (Å²) in [6, 6.07) is 19.8. The van der Waals surface area contributed by atoms with Crippen LogP contribution in [-0.2, 0) is 57.8 Å². The first-order valence-electron chi connectivity index (χ1n) is 18.8. The van der Waals surface area contributed by atoms with Gasteiger partial charge in [0.1, 0.15) is 17.4 Å². The fourth-order valence-electron chi connectivity index (χ4n) is 7.38. The minimum absolute atomic E-state index is 0. The van der Waals surface area contributed by atoms with Crippen molar-refractivity contribution in [2.45, 2.75) is 58.7 Å². The van der Waals surface area contributed by atoms with Crippen LogP contribution in [0, 0.1) is 11.6 Å². The van der Waals surface area contributed by atoms with Crippen LogP contribution < -0.4 is 15.5 Å². The molecule has 0 bridgehead atoms. The summed E-state index contributed by atoms with van der Waals surface area (Å²) in [6.07, 6.45) is 5.81. The van der Waals surface area contributed by atoms with Crippen molar-refractivity contribution < 1.29 is 23.2 Å². The Morgan fingerprint density at radius 3 is 1.56 bits per heavy atom. The predicted molar refractivity (Wildman–Crippen MR) is 228 cm³/mol. The van der Waals surface area contributed by atoms with Crippen LogP contribution in [-0.4, -0.2) is 37.2 Å². The summed E-state index contributed by atoms with van der Waals surface area (Å²) >= 11 is 12.4. The first-order chi connectivity index (χ1) is 27.8. The topological polar surface area (TPSA) is 119 Å². The number of aromatic nitrogens is 4. The van der Waals surface area contributed by atoms with Crippen LogP contribution in [0.5, 0.6) is 0 Å². The lowest BCUT2D eigenvalue weighted by molar-refractivity contribution is -0.118. The van der Waals surface area contributed by atoms with Crippen molar-refractivity contribution in [2.24, 2.45) is 19.8 Å². The second kappa shape index (κ2) is 18.3. The lowest BCUT2D eigenvalue weighted by Gasteiger charge is -2.23. The van der Waals surface area contributed by atoms with Gasteiger partial charge in [-0.3, -0.25) is 23.7 Å². The third kappa shape index (κ3) is 9.11. The van der Waals surface area contributed by atoms with Crippen LogP contribution in [0.3, 0.4) is 0 Å². The van der Waals surface area contributed by atoms with E-state index < -0.39 is 11.6 Å². The molecule has 15 heteroatoms. The van der Waals surface area contributed by atoms with E-state index in [2.05, 4.69) is 10.2 Å². The summed E-state index contributed by atoms with van der Waals surface area (Å²) in [7, 11) is 3.75. The van der Waals surface area contributed by atoms with Crippen LogP contribution in [0.25, 0.3) is 0 Å². The van der Waals surface area contributed by atoms with Crippen molar-refractivity contribution in [3.63, 3.8) is 0 Å². The first-order valence-corrected chi connectivity index (χ1v) is 19.6. The van der Waals surface area contributed by atoms with Gasteiger partial charge in [-0.2, -0.15) is 10.2 Å². The smallest absolute Gasteiger partial charge is 0.258 e. The number of fused-ring (bicyclic) bond motifs is 4. The number of benzene rings is 4. The van der Waals surface area contributed by atoms with E-state index in [1.54, 1.807) is 70.2 Å². The van der Waals surface area contributed by atoms with Crippen LogP contribution in [0.2, 0.25) is 10.0 Å². The van der Waals surface area contributed by atoms with Gasteiger partial charge in [-0.1, -0.05) is 42.3 Å². The molecule has 0 saturated carbocycles. The van der Waals surface area contributed by atoms with Crippen molar-refractivity contribution in [3.05, 3.63) is 163 Å². The lowest BCUT2D eigenvalue weighted by atomic mass is 10.0. The van der Waals surface area contributed by atoms with Crippen molar-refractivity contribution in [3.8, 4) is 0 Å². The second-order valence-corrected chi connectivity index (χ2v) is 15.2. The van der Waals surface area contributed by atoms with E-state index in [4.69, 9.17) is 28.9 Å². The van der Waals surface area contributed by atoms with Crippen molar-refractivity contribution >= 4 is 64.6 Å². The number of hydrogen-bond acceptors (Lipinski definition) is 6. The highest BCUT2D eigenvalue weighted by Crippen LogP contribution is 2.35. The third-order valence-electron chi connectivity index (χ3n) is 10.7. The Morgan fingerprint density at radius 1 is 0.678 bits per heavy atom. The number of halogens is 5. The molecule has 59 heavy (non-hydrogen) atoms. The van der Waals surface area contributed by atoms with E-state index >= 15 is 0 Å². The molecule has 0 aliphatic carbocycles. The minimum Gasteiger partial charge on any atom is -0.326 e. The molecule has 0 spiro atoms. The van der Waals surface area contributed by atoms with E-state index in [1.165, 1.54) is 12.1 Å². The molecule has 4 heterocycles. The zero-order chi connectivity index (χ0) is 41.2. The number of nitrogens with zero attached hydrogens (tertiary/aromatic N) is 6. The van der Waals surface area contributed by atoms with Gasteiger partial charge in [0.25, 0.3) is 11.8 Å². The minimum atomic E-state index is -0.475. The fourth-order valence-corrected chi connectivity index (χ4v) is 7.77. The quantitative estimate of drug-likeness (QED) is 0.172. The number of anilines is 2. The predicted octanol–water partition coefficient (Wildman–Crippen LogP) is 8.72. The molecule has 2 aromatic heterocycles. The highest BCUT2D eigenvalue weighted by atomic mass is 35.5. The summed E-state index contributed by atoms with van der Waals surface area (Å²) in [6.45, 7) is 2.58. The molecule has 0 atom stereocenters. The van der Waals surface area contributed by atoms with Crippen molar-refractivity contribution in [2.75, 3.05) is 9.80 Å². The number of carbonyl (C=O) groups excluding carboxylic acids is 3. The first kappa shape index (κ1) is 43.2. The summed E-state index contributed by atoms with van der Waals surface area (Å²) in [4.78, 5) is 41.5. The average Bonchev–Trinajstić information content (AvgIpc) is 3.61. The molecule has 10 nitrogen and oxygen atoms in total. The van der Waals surface area contributed by atoms with Gasteiger partial charge in [0.05, 0.1) is 25.5 Å². The molecule has 0 saturated heterocycles. The van der Waals surface area contributed by atoms with Gasteiger partial charge in [-0.15, -0.1) is 12.4 Å². The molecule has 2 aliphatic heterocycles. The largest absolute Gasteiger partial charge is 0.326 e. The zero-order valence-corrected chi connectivity index (χ0v) is 35.0. The number of Topliss-reactive ketones (excluding diaryl/α,β-unsaturated/α-hetero) is 1. The Labute approximate surface area is 356 Å². The summed E-state index contributed by atoms with van der Waals surface area (Å²) in [5.74, 6) is -1.43. The van der Waals surface area contributed by atoms with Gasteiger partial charge in [0, 0.05) is 107 Å². The van der Waals surface area contributed by atoms with Gasteiger partial charge in [-0.25, -0.2) is 8.78 Å². The van der Waals surface area contributed by atoms with E-state index in [-0.39, 0.29) is 47.7 Å². The summed E-state index contributed by atoms with van der Waals surface area (Å²) in [5, 5.41) is 9.83.